The maximum atomic E-state index is 15.4. The van der Waals surface area contributed by atoms with Gasteiger partial charge in [0.25, 0.3) is 0 Å². The molecule has 2 aromatic rings. The van der Waals surface area contributed by atoms with E-state index in [0.29, 0.717) is 85.1 Å². The van der Waals surface area contributed by atoms with Crippen molar-refractivity contribution in [3.05, 3.63) is 70.8 Å². The number of hydrogen-bond acceptors (Lipinski definition) is 11. The molecule has 1 amide bonds. The minimum absolute atomic E-state index is 0.0717. The number of aromatic hydroxyl groups is 1. The third-order valence-corrected chi connectivity index (χ3v) is 29.5. The molecule has 81 heavy (non-hydrogen) atoms. The van der Waals surface area contributed by atoms with Gasteiger partial charge >= 0.3 is 5.97 Å². The number of benzene rings is 2. The fourth-order valence-corrected chi connectivity index (χ4v) is 26.5. The molecule has 8 saturated carbocycles. The Kier molecular flexibility index (Phi) is 13.2. The van der Waals surface area contributed by atoms with Gasteiger partial charge in [-0.05, 0) is 211 Å². The van der Waals surface area contributed by atoms with Gasteiger partial charge in [0.2, 0.25) is 5.91 Å². The number of amides is 1. The van der Waals surface area contributed by atoms with Crippen molar-refractivity contribution >= 4 is 39.4 Å². The van der Waals surface area contributed by atoms with Crippen LogP contribution in [0, 0.1) is 68.5 Å². The van der Waals surface area contributed by atoms with Gasteiger partial charge < -0.3 is 35.6 Å². The molecule has 10 nitrogen and oxygen atoms in total. The van der Waals surface area contributed by atoms with Crippen LogP contribution >= 0.6 is 21.6 Å². The summed E-state index contributed by atoms with van der Waals surface area (Å²) < 4.78 is 13.9. The highest BCUT2D eigenvalue weighted by Gasteiger charge is 2.66. The van der Waals surface area contributed by atoms with Crippen molar-refractivity contribution < 1.29 is 29.3 Å². The first kappa shape index (κ1) is 53.9. The molecule has 7 aliphatic heterocycles. The molecular formula is C69H90N4O6S2. The predicted molar refractivity (Wildman–Crippen MR) is 321 cm³/mol. The summed E-state index contributed by atoms with van der Waals surface area (Å²) in [5.41, 5.74) is 9.83. The first-order valence-corrected chi connectivity index (χ1v) is 34.9. The number of aryl methyl sites for hydroxylation is 1. The molecule has 0 radical (unpaired) electrons. The van der Waals surface area contributed by atoms with E-state index in [0.717, 1.165) is 93.9 Å². The zero-order chi connectivity index (χ0) is 55.0. The molecule has 12 heteroatoms. The van der Waals surface area contributed by atoms with E-state index in [-0.39, 0.29) is 57.6 Å². The van der Waals surface area contributed by atoms with E-state index < -0.39 is 28.1 Å². The third kappa shape index (κ3) is 8.35. The summed E-state index contributed by atoms with van der Waals surface area (Å²) in [6.07, 6.45) is 34.3. The molecule has 15 atom stereocenters. The highest BCUT2D eigenvalue weighted by molar-refractivity contribution is 8.77. The predicted octanol–water partition coefficient (Wildman–Crippen LogP) is 13.6. The lowest BCUT2D eigenvalue weighted by molar-refractivity contribution is -0.172. The third-order valence-electron chi connectivity index (χ3n) is 26.2. The van der Waals surface area contributed by atoms with Gasteiger partial charge in [-0.3, -0.25) is 14.6 Å². The van der Waals surface area contributed by atoms with Crippen molar-refractivity contribution in [2.24, 2.45) is 67.4 Å². The number of nitrogens with one attached hydrogen (secondary N) is 1. The van der Waals surface area contributed by atoms with Gasteiger partial charge in [0, 0.05) is 78.8 Å². The normalized spacial score (nSPS) is 43.8. The van der Waals surface area contributed by atoms with Crippen LogP contribution in [0.5, 0.6) is 11.5 Å². The molecule has 1 saturated heterocycles. The summed E-state index contributed by atoms with van der Waals surface area (Å²) in [5, 5.41) is 29.8. The smallest absolute Gasteiger partial charge is 0.303 e. The summed E-state index contributed by atoms with van der Waals surface area (Å²) >= 11 is 0. The number of aliphatic imine (C=N–C) groups is 1. The molecule has 7 heterocycles. The van der Waals surface area contributed by atoms with Gasteiger partial charge in [-0.25, -0.2) is 0 Å². The number of carbonyl (C=O) groups excluding carboxylic acids is 2. The van der Waals surface area contributed by atoms with E-state index in [1.165, 1.54) is 89.0 Å². The average Bonchev–Trinajstić information content (AvgIpc) is 4.33. The molecular weight excluding hydrogens is 1040 g/mol. The lowest BCUT2D eigenvalue weighted by atomic mass is 9.50. The van der Waals surface area contributed by atoms with E-state index in [2.05, 4.69) is 87.3 Å². The largest absolute Gasteiger partial charge is 0.504 e. The number of ether oxygens (including phenoxy) is 2. The van der Waals surface area contributed by atoms with Crippen molar-refractivity contribution in [3.8, 4) is 23.3 Å². The Labute approximate surface area is 490 Å². The summed E-state index contributed by atoms with van der Waals surface area (Å²) in [6.45, 7) is 2.71. The average molecular weight is 1140 g/mol. The maximum absolute atomic E-state index is 15.4. The summed E-state index contributed by atoms with van der Waals surface area (Å²) in [5.74, 6) is 12.5. The van der Waals surface area contributed by atoms with Gasteiger partial charge in [-0.2, -0.15) is 0 Å². The van der Waals surface area contributed by atoms with Crippen molar-refractivity contribution in [3.63, 3.8) is 0 Å². The second-order valence-electron chi connectivity index (χ2n) is 29.6. The molecule has 0 aromatic heterocycles. The van der Waals surface area contributed by atoms with Crippen LogP contribution in [-0.2, 0) is 27.3 Å². The number of nitrogens with two attached hydrogens (primary N) is 1. The van der Waals surface area contributed by atoms with Crippen LogP contribution < -0.4 is 15.8 Å². The molecule has 9 aliphatic carbocycles. The fraction of sp³-hybridized carbons (Fsp3) is 0.725. The van der Waals surface area contributed by atoms with E-state index in [9.17, 15) is 15.0 Å². The molecule has 15 unspecified atom stereocenters. The van der Waals surface area contributed by atoms with Crippen LogP contribution in [-0.4, -0.2) is 74.0 Å². The van der Waals surface area contributed by atoms with E-state index in [1.54, 1.807) is 6.92 Å². The lowest BCUT2D eigenvalue weighted by Gasteiger charge is -2.56. The van der Waals surface area contributed by atoms with Crippen molar-refractivity contribution in [1.29, 1.82) is 0 Å². The number of allylic oxidation sites excluding steroid dienone is 1. The molecule has 2 aromatic carbocycles. The SMILES string of the molecule is CC(=O)OC12CCc3cc(c(O)c4c3C3C=CC5(CCCC5C3)O4)CN3CC4(CC3=O)C(c3ccccc3)CCC43C#CCC4CCC5(CCCC5(NC(N)=NC3)SSCC3CCC(CC35CCCC53CCCC3)C(CC1)C(O)C2)C4. The van der Waals surface area contributed by atoms with Crippen LogP contribution in [0.3, 0.4) is 0 Å². The number of fused-ring (bicyclic) bond motifs is 2. The topological polar surface area (TPSA) is 147 Å². The van der Waals surface area contributed by atoms with Crippen LogP contribution in [0.15, 0.2) is 53.5 Å². The first-order valence-electron chi connectivity index (χ1n) is 32.6. The molecule has 7 spiro atoms. The van der Waals surface area contributed by atoms with Crippen LogP contribution in [0.1, 0.15) is 221 Å². The Morgan fingerprint density at radius 1 is 0.864 bits per heavy atom. The molecule has 18 rings (SSSR count). The molecule has 5 N–H and O–H groups in total. The van der Waals surface area contributed by atoms with Crippen molar-refractivity contribution in [2.75, 3.05) is 18.8 Å². The van der Waals surface area contributed by atoms with Crippen molar-refractivity contribution in [1.82, 2.24) is 10.2 Å². The number of esters is 1. The van der Waals surface area contributed by atoms with Crippen LogP contribution in [0.2, 0.25) is 0 Å². The molecule has 434 valence electrons. The highest BCUT2D eigenvalue weighted by atomic mass is 33.1. The fourth-order valence-electron chi connectivity index (χ4n) is 22.5. The Morgan fingerprint density at radius 3 is 2.56 bits per heavy atom. The standard InChI is InChI=1S/C69H90N4O6S2/c1-45(74)78-65-32-18-48-35-51(59(77)60-58(48)49-19-34-68(79-60)28-8-14-52(68)36-49)41-73-44-67(40-57(73)76)55(47-12-3-2-4-13-47)21-31-64(67)24-7-11-46-17-30-63(37-46)26-10-29-69(63,72-61(70)71-43-64)81-80-42-53-16-15-50(54(20-33-65)56(75)39-65)38-66(53)27-9-25-62(66)22-5-6-23-62/h2-4,12-13,19,34-35,46,49-50,52-56,75,77H,5-6,8-11,14-18,20-23,25-33,36-44H2,1H3,(H3,70,71,72). The Balaban J connectivity index is 0.862. The van der Waals surface area contributed by atoms with Gasteiger partial charge in [0.1, 0.15) is 16.1 Å². The van der Waals surface area contributed by atoms with E-state index in [1.807, 2.05) is 4.90 Å². The number of aliphatic hydroxyl groups is 1. The van der Waals surface area contributed by atoms with Gasteiger partial charge in [0.15, 0.2) is 17.5 Å². The zero-order valence-corrected chi connectivity index (χ0v) is 50.0. The number of hydrogen-bond donors (Lipinski definition) is 4. The summed E-state index contributed by atoms with van der Waals surface area (Å²) in [4.78, 5) is 36.0. The van der Waals surface area contributed by atoms with Gasteiger partial charge in [-0.1, -0.05) is 83.2 Å². The molecule has 14 bridgehead atoms. The summed E-state index contributed by atoms with van der Waals surface area (Å²) in [7, 11) is 4.29. The quantitative estimate of drug-likeness (QED) is 0.0992. The number of guanidine groups is 1. The number of carbonyl (C=O) groups is 2. The Bertz CT molecular complexity index is 2960. The second kappa shape index (κ2) is 19.9. The minimum Gasteiger partial charge on any atom is -0.504 e. The lowest BCUT2D eigenvalue weighted by Crippen LogP contribution is -2.56. The Hall–Kier alpha value is -3.79. The second-order valence-corrected chi connectivity index (χ2v) is 32.2. The highest BCUT2D eigenvalue weighted by Crippen LogP contribution is 2.72. The van der Waals surface area contributed by atoms with E-state index in [4.69, 9.17) is 20.2 Å². The first-order chi connectivity index (χ1) is 39.2. The van der Waals surface area contributed by atoms with Crippen LogP contribution in [0.4, 0.5) is 0 Å². The number of rotatable bonds is 2. The monoisotopic (exact) mass is 1130 g/mol. The zero-order valence-electron chi connectivity index (χ0n) is 48.4. The van der Waals surface area contributed by atoms with E-state index >= 15 is 4.79 Å². The number of phenols is 1. The number of aliphatic hydroxyl groups excluding tert-OH is 1. The van der Waals surface area contributed by atoms with Crippen LogP contribution in [0.25, 0.3) is 0 Å². The van der Waals surface area contributed by atoms with Crippen molar-refractivity contribution in [2.45, 2.75) is 234 Å². The molecule has 16 aliphatic rings. The Morgan fingerprint density at radius 2 is 1.70 bits per heavy atom. The molecule has 9 fully saturated rings. The van der Waals surface area contributed by atoms with Gasteiger partial charge in [0.05, 0.1) is 18.1 Å². The minimum atomic E-state index is -0.818. The summed E-state index contributed by atoms with van der Waals surface area (Å²) in [6, 6.07) is 13.1. The number of phenolic OH excluding ortho intramolecular Hbond substituents is 1. The maximum Gasteiger partial charge on any atom is 0.303 e. The van der Waals surface area contributed by atoms with Gasteiger partial charge in [-0.15, -0.1) is 5.92 Å². The number of nitrogens with zero attached hydrogens (tertiary/aromatic N) is 2.